The number of hydrogen-bond acceptors (Lipinski definition) is 5. The number of amides is 1. The number of piperidine rings is 1. The second kappa shape index (κ2) is 12.2. The second-order valence-electron chi connectivity index (χ2n) is 10.6. The number of nitrogens with two attached hydrogens (primary N) is 1. The van der Waals surface area contributed by atoms with E-state index in [9.17, 15) is 18.0 Å². The van der Waals surface area contributed by atoms with Crippen molar-refractivity contribution in [1.29, 1.82) is 0 Å². The standard InChI is InChI=1S/C29H39F3N4O2/c1-3-38-25-11-9-24(10-12-25)36-16-14-20(15-17-36)19-35(2)28(37)21-4-6-22(7-5-21)34-23-8-13-27(33)26(18-23)29(30,31)32/h8-13,18,20-22,34H,3-7,14-17,19,33H2,1-2H3. The van der Waals surface area contributed by atoms with Gasteiger partial charge in [0.15, 0.2) is 0 Å². The third-order valence-electron chi connectivity index (χ3n) is 7.84. The Bertz CT molecular complexity index is 1060. The molecule has 1 saturated heterocycles. The number of anilines is 3. The first-order valence-corrected chi connectivity index (χ1v) is 13.6. The number of halogens is 3. The molecule has 0 radical (unpaired) electrons. The molecule has 1 aliphatic heterocycles. The predicted octanol–water partition coefficient (Wildman–Crippen LogP) is 6.03. The first-order valence-electron chi connectivity index (χ1n) is 13.6. The van der Waals surface area contributed by atoms with E-state index in [1.807, 2.05) is 31.0 Å². The zero-order chi connectivity index (χ0) is 27.3. The van der Waals surface area contributed by atoms with Crippen molar-refractivity contribution in [2.75, 3.05) is 49.2 Å². The molecule has 0 atom stereocenters. The van der Waals surface area contributed by atoms with Gasteiger partial charge >= 0.3 is 6.18 Å². The topological polar surface area (TPSA) is 70.8 Å². The Morgan fingerprint density at radius 1 is 1.05 bits per heavy atom. The highest BCUT2D eigenvalue weighted by Crippen LogP contribution is 2.36. The van der Waals surface area contributed by atoms with Crippen molar-refractivity contribution < 1.29 is 22.7 Å². The van der Waals surface area contributed by atoms with Gasteiger partial charge in [-0.25, -0.2) is 0 Å². The van der Waals surface area contributed by atoms with E-state index in [-0.39, 0.29) is 23.6 Å². The first kappa shape index (κ1) is 27.9. The summed E-state index contributed by atoms with van der Waals surface area (Å²) in [6, 6.07) is 12.2. The molecule has 9 heteroatoms. The van der Waals surface area contributed by atoms with Gasteiger partial charge in [0.2, 0.25) is 5.91 Å². The highest BCUT2D eigenvalue weighted by atomic mass is 19.4. The highest BCUT2D eigenvalue weighted by molar-refractivity contribution is 5.78. The van der Waals surface area contributed by atoms with E-state index in [1.165, 1.54) is 11.8 Å². The fraction of sp³-hybridized carbons (Fsp3) is 0.552. The lowest BCUT2D eigenvalue weighted by molar-refractivity contribution is -0.137. The smallest absolute Gasteiger partial charge is 0.418 e. The molecule has 2 aromatic carbocycles. The summed E-state index contributed by atoms with van der Waals surface area (Å²) in [6.45, 7) is 5.34. The van der Waals surface area contributed by atoms with Gasteiger partial charge in [-0.2, -0.15) is 13.2 Å². The van der Waals surface area contributed by atoms with Crippen LogP contribution in [0.5, 0.6) is 5.75 Å². The van der Waals surface area contributed by atoms with Gasteiger partial charge in [-0.05, 0) is 93.8 Å². The molecule has 0 spiro atoms. The minimum Gasteiger partial charge on any atom is -0.494 e. The SMILES string of the molecule is CCOc1ccc(N2CCC(CN(C)C(=O)C3CCC(Nc4ccc(N)c(C(F)(F)F)c4)CC3)CC2)cc1. The minimum atomic E-state index is -4.48. The number of ether oxygens (including phenoxy) is 1. The van der Waals surface area contributed by atoms with Crippen molar-refractivity contribution in [3.63, 3.8) is 0 Å². The van der Waals surface area contributed by atoms with Crippen LogP contribution >= 0.6 is 0 Å². The molecule has 2 fully saturated rings. The zero-order valence-electron chi connectivity index (χ0n) is 22.3. The fourth-order valence-electron chi connectivity index (χ4n) is 5.69. The van der Waals surface area contributed by atoms with Crippen molar-refractivity contribution in [2.24, 2.45) is 11.8 Å². The lowest BCUT2D eigenvalue weighted by atomic mass is 9.84. The third-order valence-corrected chi connectivity index (χ3v) is 7.84. The summed E-state index contributed by atoms with van der Waals surface area (Å²) >= 11 is 0. The maximum absolute atomic E-state index is 13.2. The van der Waals surface area contributed by atoms with Gasteiger partial charge in [-0.15, -0.1) is 0 Å². The van der Waals surface area contributed by atoms with E-state index in [2.05, 4.69) is 22.3 Å². The maximum atomic E-state index is 13.2. The molecule has 2 aromatic rings. The first-order chi connectivity index (χ1) is 18.1. The number of nitrogens with one attached hydrogen (secondary N) is 1. The van der Waals surface area contributed by atoms with Gasteiger partial charge in [0.05, 0.1) is 12.2 Å². The van der Waals surface area contributed by atoms with Crippen LogP contribution in [0.1, 0.15) is 51.0 Å². The average molecular weight is 533 g/mol. The number of hydrogen-bond donors (Lipinski definition) is 2. The Morgan fingerprint density at radius 3 is 2.32 bits per heavy atom. The van der Waals surface area contributed by atoms with Crippen LogP contribution in [0.25, 0.3) is 0 Å². The lowest BCUT2D eigenvalue weighted by Gasteiger charge is -2.36. The van der Waals surface area contributed by atoms with Gasteiger partial charge in [-0.1, -0.05) is 0 Å². The molecule has 6 nitrogen and oxygen atoms in total. The van der Waals surface area contributed by atoms with Crippen LogP contribution in [0.4, 0.5) is 30.2 Å². The third kappa shape index (κ3) is 7.05. The summed E-state index contributed by atoms with van der Waals surface area (Å²) in [6.07, 6.45) is 0.567. The van der Waals surface area contributed by atoms with Crippen molar-refractivity contribution in [3.05, 3.63) is 48.0 Å². The summed E-state index contributed by atoms with van der Waals surface area (Å²) in [7, 11) is 1.90. The van der Waals surface area contributed by atoms with Crippen LogP contribution in [0, 0.1) is 11.8 Å². The number of benzene rings is 2. The van der Waals surface area contributed by atoms with Crippen LogP contribution in [-0.2, 0) is 11.0 Å². The van der Waals surface area contributed by atoms with Crippen LogP contribution in [0.2, 0.25) is 0 Å². The number of rotatable bonds is 8. The van der Waals surface area contributed by atoms with E-state index in [1.54, 1.807) is 6.07 Å². The van der Waals surface area contributed by atoms with E-state index < -0.39 is 11.7 Å². The monoisotopic (exact) mass is 532 g/mol. The van der Waals surface area contributed by atoms with Crippen LogP contribution < -0.4 is 20.7 Å². The minimum absolute atomic E-state index is 0.0286. The van der Waals surface area contributed by atoms with Gasteiger partial charge in [0.25, 0.3) is 0 Å². The zero-order valence-corrected chi connectivity index (χ0v) is 22.3. The van der Waals surface area contributed by atoms with E-state index in [4.69, 9.17) is 10.5 Å². The molecular formula is C29H39F3N4O2. The molecule has 38 heavy (non-hydrogen) atoms. The molecule has 0 bridgehead atoms. The van der Waals surface area contributed by atoms with E-state index in [0.29, 0.717) is 18.2 Å². The van der Waals surface area contributed by atoms with Crippen LogP contribution in [0.3, 0.4) is 0 Å². The summed E-state index contributed by atoms with van der Waals surface area (Å²) in [5, 5.41) is 3.21. The Balaban J connectivity index is 1.20. The second-order valence-corrected chi connectivity index (χ2v) is 10.6. The van der Waals surface area contributed by atoms with Gasteiger partial charge in [-0.3, -0.25) is 4.79 Å². The van der Waals surface area contributed by atoms with Gasteiger partial charge in [0, 0.05) is 55.7 Å². The summed E-state index contributed by atoms with van der Waals surface area (Å²) in [5.74, 6) is 1.52. The molecular weight excluding hydrogens is 493 g/mol. The van der Waals surface area contributed by atoms with Crippen molar-refractivity contribution >= 4 is 23.0 Å². The normalized spacial score (nSPS) is 20.7. The number of nitrogen functional groups attached to an aromatic ring is 1. The molecule has 2 aliphatic rings. The van der Waals surface area contributed by atoms with Gasteiger partial charge < -0.3 is 25.6 Å². The number of carbonyl (C=O) groups excluding carboxylic acids is 1. The number of nitrogens with zero attached hydrogens (tertiary/aromatic N) is 2. The van der Waals surface area contributed by atoms with Crippen molar-refractivity contribution in [1.82, 2.24) is 4.90 Å². The Kier molecular flexibility index (Phi) is 8.95. The molecule has 1 heterocycles. The molecule has 1 saturated carbocycles. The van der Waals surface area contributed by atoms with Crippen molar-refractivity contribution in [3.8, 4) is 5.75 Å². The molecule has 0 unspecified atom stereocenters. The molecule has 4 rings (SSSR count). The quantitative estimate of drug-likeness (QED) is 0.406. The van der Waals surface area contributed by atoms with Crippen molar-refractivity contribution in [2.45, 2.75) is 57.7 Å². The van der Waals surface area contributed by atoms with Crippen LogP contribution in [0.15, 0.2) is 42.5 Å². The Morgan fingerprint density at radius 2 is 1.71 bits per heavy atom. The van der Waals surface area contributed by atoms with E-state index in [0.717, 1.165) is 70.0 Å². The lowest BCUT2D eigenvalue weighted by Crippen LogP contribution is -2.42. The van der Waals surface area contributed by atoms with Gasteiger partial charge in [0.1, 0.15) is 5.75 Å². The largest absolute Gasteiger partial charge is 0.494 e. The molecule has 208 valence electrons. The summed E-state index contributed by atoms with van der Waals surface area (Å²) < 4.78 is 45.0. The number of alkyl halides is 3. The van der Waals surface area contributed by atoms with E-state index >= 15 is 0 Å². The molecule has 0 aromatic heterocycles. The Hall–Kier alpha value is -3.10. The fourth-order valence-corrected chi connectivity index (χ4v) is 5.69. The average Bonchev–Trinajstić information content (AvgIpc) is 2.90. The number of carbonyl (C=O) groups is 1. The molecule has 1 amide bonds. The summed E-state index contributed by atoms with van der Waals surface area (Å²) in [5.41, 5.74) is 6.03. The predicted molar refractivity (Wildman–Crippen MR) is 145 cm³/mol. The highest BCUT2D eigenvalue weighted by Gasteiger charge is 2.34. The maximum Gasteiger partial charge on any atom is 0.418 e. The Labute approximate surface area is 223 Å². The van der Waals surface area contributed by atoms with Crippen LogP contribution in [-0.4, -0.2) is 50.1 Å². The molecule has 1 aliphatic carbocycles. The summed E-state index contributed by atoms with van der Waals surface area (Å²) in [4.78, 5) is 17.4. The molecule has 3 N–H and O–H groups in total.